The van der Waals surface area contributed by atoms with Gasteiger partial charge in [0.15, 0.2) is 0 Å². The molecule has 1 atom stereocenters. The average Bonchev–Trinajstić information content (AvgIpc) is 2.80. The van der Waals surface area contributed by atoms with Crippen LogP contribution in [-0.4, -0.2) is 24.2 Å². The van der Waals surface area contributed by atoms with Crippen LogP contribution in [0.4, 0.5) is 4.39 Å². The minimum atomic E-state index is -1.24. The van der Waals surface area contributed by atoms with Crippen LogP contribution in [0.15, 0.2) is 23.3 Å². The molecule has 2 rings (SSSR count). The highest BCUT2D eigenvalue weighted by molar-refractivity contribution is 5.82. The fraction of sp³-hybridized carbons (Fsp3) is 0.462. The molecular weight excluding hydrogens is 263 g/mol. The van der Waals surface area contributed by atoms with E-state index in [0.29, 0.717) is 43.5 Å². The van der Waals surface area contributed by atoms with Crippen LogP contribution in [0.25, 0.3) is 10.4 Å². The molecule has 0 saturated carbocycles. The van der Waals surface area contributed by atoms with Crippen molar-refractivity contribution < 1.29 is 14.3 Å². The van der Waals surface area contributed by atoms with Gasteiger partial charge >= 0.3 is 5.97 Å². The number of carboxylic acids is 1. The molecule has 0 radical (unpaired) electrons. The van der Waals surface area contributed by atoms with E-state index in [1.54, 1.807) is 6.07 Å². The van der Waals surface area contributed by atoms with Crippen LogP contribution in [0.3, 0.4) is 0 Å². The van der Waals surface area contributed by atoms with E-state index in [1.165, 1.54) is 12.1 Å². The Hall–Kier alpha value is -2.11. The molecule has 0 saturated heterocycles. The monoisotopic (exact) mass is 278 g/mol. The molecule has 0 aliphatic heterocycles. The number of aliphatic carboxylic acids is 1. The highest BCUT2D eigenvalue weighted by Crippen LogP contribution is 2.38. The lowest BCUT2D eigenvalue weighted by molar-refractivity contribution is -0.145. The van der Waals surface area contributed by atoms with Crippen molar-refractivity contribution >= 4 is 5.97 Å². The SMILES string of the molecule is [N-]=[N+]=NCCCNC1(C(=O)O)CCc2c(F)cccc21. The molecule has 20 heavy (non-hydrogen) atoms. The smallest absolute Gasteiger partial charge is 0.328 e. The van der Waals surface area contributed by atoms with Crippen LogP contribution in [0, 0.1) is 5.82 Å². The summed E-state index contributed by atoms with van der Waals surface area (Å²) in [6, 6.07) is 4.52. The molecule has 0 fully saturated rings. The van der Waals surface area contributed by atoms with E-state index < -0.39 is 11.5 Å². The van der Waals surface area contributed by atoms with Gasteiger partial charge in [-0.2, -0.15) is 0 Å². The molecule has 1 aliphatic carbocycles. The largest absolute Gasteiger partial charge is 0.480 e. The van der Waals surface area contributed by atoms with E-state index in [9.17, 15) is 14.3 Å². The Balaban J connectivity index is 2.19. The summed E-state index contributed by atoms with van der Waals surface area (Å²) < 4.78 is 13.7. The van der Waals surface area contributed by atoms with Crippen LogP contribution >= 0.6 is 0 Å². The van der Waals surface area contributed by atoms with Crippen molar-refractivity contribution in [2.75, 3.05) is 13.1 Å². The molecule has 1 aromatic rings. The van der Waals surface area contributed by atoms with Crippen LogP contribution in [0.5, 0.6) is 0 Å². The summed E-state index contributed by atoms with van der Waals surface area (Å²) in [6.07, 6.45) is 1.25. The third kappa shape index (κ3) is 2.45. The first-order valence-electron chi connectivity index (χ1n) is 6.39. The number of nitrogens with zero attached hydrogens (tertiary/aromatic N) is 3. The lowest BCUT2D eigenvalue weighted by Crippen LogP contribution is -2.48. The average molecular weight is 278 g/mol. The number of carbonyl (C=O) groups is 1. The Morgan fingerprint density at radius 2 is 2.40 bits per heavy atom. The van der Waals surface area contributed by atoms with Gasteiger partial charge in [-0.25, -0.2) is 9.18 Å². The first-order valence-corrected chi connectivity index (χ1v) is 6.39. The maximum absolute atomic E-state index is 13.7. The van der Waals surface area contributed by atoms with E-state index >= 15 is 0 Å². The standard InChI is InChI=1S/C13H15FN4O2/c14-11-4-1-3-10-9(11)5-6-13(10,12(19)20)16-7-2-8-17-18-15/h1,3-4,16H,2,5-8H2,(H,19,20). The summed E-state index contributed by atoms with van der Waals surface area (Å²) in [7, 11) is 0. The van der Waals surface area contributed by atoms with Gasteiger partial charge in [0.2, 0.25) is 0 Å². The molecule has 0 spiro atoms. The van der Waals surface area contributed by atoms with Crippen LogP contribution in [-0.2, 0) is 16.8 Å². The summed E-state index contributed by atoms with van der Waals surface area (Å²) >= 11 is 0. The van der Waals surface area contributed by atoms with E-state index in [2.05, 4.69) is 15.3 Å². The summed E-state index contributed by atoms with van der Waals surface area (Å²) in [4.78, 5) is 14.3. The highest BCUT2D eigenvalue weighted by atomic mass is 19.1. The number of fused-ring (bicyclic) bond motifs is 1. The van der Waals surface area contributed by atoms with Gasteiger partial charge in [-0.3, -0.25) is 5.32 Å². The summed E-state index contributed by atoms with van der Waals surface area (Å²) in [6.45, 7) is 0.691. The van der Waals surface area contributed by atoms with Gasteiger partial charge in [-0.15, -0.1) is 0 Å². The fourth-order valence-corrected chi connectivity index (χ4v) is 2.64. The predicted molar refractivity (Wildman–Crippen MR) is 70.7 cm³/mol. The normalized spacial score (nSPS) is 20.2. The Bertz CT molecular complexity index is 571. The maximum Gasteiger partial charge on any atom is 0.328 e. The minimum absolute atomic E-state index is 0.301. The molecule has 0 aromatic heterocycles. The number of rotatable bonds is 6. The van der Waals surface area contributed by atoms with Gasteiger partial charge in [0.1, 0.15) is 11.4 Å². The minimum Gasteiger partial charge on any atom is -0.480 e. The zero-order valence-electron chi connectivity index (χ0n) is 10.8. The van der Waals surface area contributed by atoms with Gasteiger partial charge in [0.05, 0.1) is 0 Å². The molecule has 106 valence electrons. The summed E-state index contributed by atoms with van der Waals surface area (Å²) in [5.74, 6) is -1.37. The molecule has 6 nitrogen and oxygen atoms in total. The maximum atomic E-state index is 13.7. The van der Waals surface area contributed by atoms with Gasteiger partial charge < -0.3 is 5.11 Å². The molecule has 0 heterocycles. The predicted octanol–water partition coefficient (Wildman–Crippen LogP) is 2.34. The second-order valence-electron chi connectivity index (χ2n) is 4.71. The van der Waals surface area contributed by atoms with Crippen molar-refractivity contribution in [1.82, 2.24) is 5.32 Å². The number of azide groups is 1. The lowest BCUT2D eigenvalue weighted by Gasteiger charge is -2.27. The zero-order chi connectivity index (χ0) is 14.6. The van der Waals surface area contributed by atoms with Gasteiger partial charge in [0, 0.05) is 11.5 Å². The zero-order valence-corrected chi connectivity index (χ0v) is 10.8. The van der Waals surface area contributed by atoms with E-state index in [0.717, 1.165) is 0 Å². The fourth-order valence-electron chi connectivity index (χ4n) is 2.64. The molecule has 1 aliphatic rings. The number of nitrogens with one attached hydrogen (secondary N) is 1. The van der Waals surface area contributed by atoms with Crippen molar-refractivity contribution in [3.8, 4) is 0 Å². The quantitative estimate of drug-likeness (QED) is 0.361. The number of hydrogen-bond acceptors (Lipinski definition) is 3. The summed E-state index contributed by atoms with van der Waals surface area (Å²) in [5, 5.41) is 15.9. The van der Waals surface area contributed by atoms with E-state index in [1.807, 2.05) is 0 Å². The second kappa shape index (κ2) is 5.90. The van der Waals surface area contributed by atoms with Crippen molar-refractivity contribution in [2.24, 2.45) is 5.11 Å². The Kier molecular flexibility index (Phi) is 4.22. The topological polar surface area (TPSA) is 98.1 Å². The molecular formula is C13H15FN4O2. The molecule has 1 aromatic carbocycles. The van der Waals surface area contributed by atoms with Gasteiger partial charge in [-0.1, -0.05) is 17.2 Å². The van der Waals surface area contributed by atoms with Crippen LogP contribution < -0.4 is 5.32 Å². The van der Waals surface area contributed by atoms with E-state index in [-0.39, 0.29) is 5.82 Å². The van der Waals surface area contributed by atoms with Crippen LogP contribution in [0.1, 0.15) is 24.0 Å². The number of benzene rings is 1. The van der Waals surface area contributed by atoms with Crippen molar-refractivity contribution in [1.29, 1.82) is 0 Å². The van der Waals surface area contributed by atoms with Gasteiger partial charge in [-0.05, 0) is 48.5 Å². The third-order valence-corrected chi connectivity index (χ3v) is 3.62. The Morgan fingerprint density at radius 1 is 1.60 bits per heavy atom. The van der Waals surface area contributed by atoms with Crippen molar-refractivity contribution in [3.63, 3.8) is 0 Å². The third-order valence-electron chi connectivity index (χ3n) is 3.62. The van der Waals surface area contributed by atoms with Crippen molar-refractivity contribution in [2.45, 2.75) is 24.8 Å². The summed E-state index contributed by atoms with van der Waals surface area (Å²) in [5.41, 5.74) is 7.90. The first-order chi connectivity index (χ1) is 9.62. The molecule has 0 bridgehead atoms. The number of hydrogen-bond donors (Lipinski definition) is 2. The lowest BCUT2D eigenvalue weighted by atomic mass is 9.91. The first kappa shape index (κ1) is 14.3. The Labute approximate surface area is 115 Å². The van der Waals surface area contributed by atoms with Crippen molar-refractivity contribution in [3.05, 3.63) is 45.6 Å². The highest BCUT2D eigenvalue weighted by Gasteiger charge is 2.45. The van der Waals surface area contributed by atoms with Gasteiger partial charge in [0.25, 0.3) is 0 Å². The molecule has 0 amide bonds. The molecule has 1 unspecified atom stereocenters. The number of carboxylic acid groups (broad SMARTS) is 1. The Morgan fingerprint density at radius 3 is 3.10 bits per heavy atom. The second-order valence-corrected chi connectivity index (χ2v) is 4.71. The van der Waals surface area contributed by atoms with Crippen LogP contribution in [0.2, 0.25) is 0 Å². The molecule has 7 heteroatoms. The van der Waals surface area contributed by atoms with E-state index in [4.69, 9.17) is 5.53 Å². The number of halogens is 1. The molecule has 2 N–H and O–H groups in total.